The van der Waals surface area contributed by atoms with Crippen molar-refractivity contribution in [3.63, 3.8) is 0 Å². The zero-order valence-electron chi connectivity index (χ0n) is 19.7. The van der Waals surface area contributed by atoms with Gasteiger partial charge < -0.3 is 19.5 Å². The number of amides is 1. The zero-order chi connectivity index (χ0) is 24.0. The van der Waals surface area contributed by atoms with Crippen molar-refractivity contribution < 1.29 is 9.36 Å². The SMILES string of the molecule is CCP(=O)(CC)Nc1cccc([C@@H](CN2CCCC2)N(C)C(=O)Cc2ccc(Cl)c(Cl)c2)c1. The number of likely N-dealkylation sites (tertiary alicyclic amines) is 1. The molecule has 1 atom stereocenters. The van der Waals surface area contributed by atoms with E-state index in [9.17, 15) is 9.36 Å². The fraction of sp³-hybridized carbons (Fsp3) is 0.480. The van der Waals surface area contributed by atoms with E-state index in [1.54, 1.807) is 12.1 Å². The van der Waals surface area contributed by atoms with Crippen molar-refractivity contribution in [2.75, 3.05) is 44.1 Å². The van der Waals surface area contributed by atoms with Gasteiger partial charge in [-0.05, 0) is 61.3 Å². The number of halogens is 2. The van der Waals surface area contributed by atoms with Gasteiger partial charge >= 0.3 is 0 Å². The minimum absolute atomic E-state index is 0.0173. The van der Waals surface area contributed by atoms with Gasteiger partial charge in [0, 0.05) is 31.6 Å². The van der Waals surface area contributed by atoms with Crippen molar-refractivity contribution in [1.82, 2.24) is 9.80 Å². The zero-order valence-corrected chi connectivity index (χ0v) is 22.1. The molecule has 0 saturated carbocycles. The molecule has 0 spiro atoms. The lowest BCUT2D eigenvalue weighted by atomic mass is 10.0. The molecule has 0 aliphatic carbocycles. The van der Waals surface area contributed by atoms with Crippen LogP contribution in [0.3, 0.4) is 0 Å². The molecule has 0 unspecified atom stereocenters. The van der Waals surface area contributed by atoms with Crippen LogP contribution < -0.4 is 5.09 Å². The van der Waals surface area contributed by atoms with Gasteiger partial charge in [0.1, 0.15) is 0 Å². The molecule has 1 N–H and O–H groups in total. The number of anilines is 1. The summed E-state index contributed by atoms with van der Waals surface area (Å²) in [7, 11) is -0.579. The smallest absolute Gasteiger partial charge is 0.227 e. The van der Waals surface area contributed by atoms with E-state index in [-0.39, 0.29) is 18.4 Å². The number of likely N-dealkylation sites (N-methyl/N-ethyl adjacent to an activating group) is 1. The number of hydrogen-bond donors (Lipinski definition) is 1. The van der Waals surface area contributed by atoms with E-state index in [1.807, 2.05) is 50.1 Å². The Bertz CT molecular complexity index is 1000. The van der Waals surface area contributed by atoms with Crippen molar-refractivity contribution in [3.8, 4) is 0 Å². The highest BCUT2D eigenvalue weighted by molar-refractivity contribution is 7.65. The molecular formula is C25H34Cl2N3O2P. The molecule has 1 heterocycles. The molecule has 180 valence electrons. The van der Waals surface area contributed by atoms with E-state index in [0.29, 0.717) is 22.4 Å². The normalized spacial score (nSPS) is 15.4. The van der Waals surface area contributed by atoms with Gasteiger partial charge in [-0.3, -0.25) is 4.79 Å². The van der Waals surface area contributed by atoms with E-state index in [1.165, 1.54) is 12.8 Å². The second kappa shape index (κ2) is 11.8. The van der Waals surface area contributed by atoms with E-state index in [0.717, 1.165) is 36.4 Å². The third kappa shape index (κ3) is 6.99. The van der Waals surface area contributed by atoms with Crippen LogP contribution in [0, 0.1) is 0 Å². The lowest BCUT2D eigenvalue weighted by molar-refractivity contribution is -0.131. The summed E-state index contributed by atoms with van der Waals surface area (Å²) in [6.07, 6.45) is 3.83. The minimum atomic E-state index is -2.44. The number of carbonyl (C=O) groups is 1. The second-order valence-corrected chi connectivity index (χ2v) is 12.8. The van der Waals surface area contributed by atoms with Gasteiger partial charge in [-0.25, -0.2) is 0 Å². The Morgan fingerprint density at radius 3 is 2.42 bits per heavy atom. The summed E-state index contributed by atoms with van der Waals surface area (Å²) in [5.74, 6) is 0.0173. The van der Waals surface area contributed by atoms with Crippen LogP contribution in [0.2, 0.25) is 10.0 Å². The van der Waals surface area contributed by atoms with Gasteiger partial charge in [0.2, 0.25) is 5.91 Å². The third-order valence-electron chi connectivity index (χ3n) is 6.46. The fourth-order valence-electron chi connectivity index (χ4n) is 4.22. The largest absolute Gasteiger partial charge is 0.337 e. The summed E-state index contributed by atoms with van der Waals surface area (Å²) in [5, 5.41) is 4.21. The van der Waals surface area contributed by atoms with Gasteiger partial charge in [0.15, 0.2) is 7.29 Å². The molecule has 1 saturated heterocycles. The Labute approximate surface area is 207 Å². The predicted octanol–water partition coefficient (Wildman–Crippen LogP) is 6.56. The first-order chi connectivity index (χ1) is 15.7. The predicted molar refractivity (Wildman–Crippen MR) is 140 cm³/mol. The van der Waals surface area contributed by atoms with Crippen LogP contribution in [-0.4, -0.2) is 54.7 Å². The molecule has 33 heavy (non-hydrogen) atoms. The first kappa shape index (κ1) is 26.1. The van der Waals surface area contributed by atoms with E-state index in [4.69, 9.17) is 23.2 Å². The molecule has 1 aliphatic heterocycles. The monoisotopic (exact) mass is 509 g/mol. The number of benzene rings is 2. The number of nitrogens with zero attached hydrogens (tertiary/aromatic N) is 2. The molecule has 3 rings (SSSR count). The number of nitrogens with one attached hydrogen (secondary N) is 1. The summed E-state index contributed by atoms with van der Waals surface area (Å²) in [6.45, 7) is 6.76. The molecule has 2 aromatic rings. The van der Waals surface area contributed by atoms with Crippen molar-refractivity contribution in [2.24, 2.45) is 0 Å². The average molecular weight is 510 g/mol. The Hall–Kier alpha value is -1.52. The standard InChI is InChI=1S/C25H34Cl2N3O2P/c1-4-33(32,5-2)28-21-10-8-9-20(17-21)24(18-30-13-6-7-14-30)29(3)25(31)16-19-11-12-22(26)23(27)15-19/h8-12,15,17,24H,4-7,13-14,16,18H2,1-3H3,(H,28,32)/t24-/m1/s1. The first-order valence-electron chi connectivity index (χ1n) is 11.6. The lowest BCUT2D eigenvalue weighted by Crippen LogP contribution is -2.39. The fourth-order valence-corrected chi connectivity index (χ4v) is 5.91. The van der Waals surface area contributed by atoms with Crippen LogP contribution in [0.25, 0.3) is 0 Å². The first-order valence-corrected chi connectivity index (χ1v) is 14.5. The van der Waals surface area contributed by atoms with Gasteiger partial charge in [-0.15, -0.1) is 0 Å². The van der Waals surface area contributed by atoms with Crippen LogP contribution in [-0.2, 0) is 15.8 Å². The maximum Gasteiger partial charge on any atom is 0.227 e. The molecule has 5 nitrogen and oxygen atoms in total. The van der Waals surface area contributed by atoms with Crippen molar-refractivity contribution in [3.05, 3.63) is 63.6 Å². The summed E-state index contributed by atoms with van der Waals surface area (Å²) >= 11 is 12.2. The van der Waals surface area contributed by atoms with E-state index < -0.39 is 7.29 Å². The molecule has 1 amide bonds. The third-order valence-corrected chi connectivity index (χ3v) is 9.90. The second-order valence-electron chi connectivity index (χ2n) is 8.71. The summed E-state index contributed by atoms with van der Waals surface area (Å²) in [5.41, 5.74) is 2.72. The Morgan fingerprint density at radius 2 is 1.79 bits per heavy atom. The molecule has 0 bridgehead atoms. The molecule has 0 aromatic heterocycles. The highest BCUT2D eigenvalue weighted by atomic mass is 35.5. The number of hydrogen-bond acceptors (Lipinski definition) is 3. The Morgan fingerprint density at radius 1 is 1.09 bits per heavy atom. The summed E-state index contributed by atoms with van der Waals surface area (Å²) < 4.78 is 13.0. The quantitative estimate of drug-likeness (QED) is 0.368. The van der Waals surface area contributed by atoms with E-state index in [2.05, 4.69) is 16.1 Å². The maximum atomic E-state index is 13.3. The number of carbonyl (C=O) groups excluding carboxylic acids is 1. The van der Waals surface area contributed by atoms with Gasteiger partial charge in [-0.2, -0.15) is 0 Å². The van der Waals surface area contributed by atoms with Crippen LogP contribution in [0.1, 0.15) is 43.9 Å². The average Bonchev–Trinajstić information content (AvgIpc) is 3.33. The van der Waals surface area contributed by atoms with Crippen LogP contribution in [0.4, 0.5) is 5.69 Å². The highest BCUT2D eigenvalue weighted by Crippen LogP contribution is 2.44. The minimum Gasteiger partial charge on any atom is -0.337 e. The molecular weight excluding hydrogens is 476 g/mol. The Kier molecular flexibility index (Phi) is 9.29. The molecule has 1 fully saturated rings. The van der Waals surface area contributed by atoms with Gasteiger partial charge in [0.05, 0.1) is 22.5 Å². The molecule has 0 radical (unpaired) electrons. The highest BCUT2D eigenvalue weighted by Gasteiger charge is 2.26. The summed E-state index contributed by atoms with van der Waals surface area (Å²) in [4.78, 5) is 17.5. The van der Waals surface area contributed by atoms with Crippen molar-refractivity contribution >= 4 is 42.1 Å². The van der Waals surface area contributed by atoms with Gasteiger partial charge in [0.25, 0.3) is 0 Å². The maximum absolute atomic E-state index is 13.3. The topological polar surface area (TPSA) is 52.7 Å². The number of rotatable bonds is 10. The lowest BCUT2D eigenvalue weighted by Gasteiger charge is -2.32. The van der Waals surface area contributed by atoms with Crippen LogP contribution >= 0.6 is 30.5 Å². The van der Waals surface area contributed by atoms with Crippen molar-refractivity contribution in [2.45, 2.75) is 39.2 Å². The molecule has 1 aliphatic rings. The summed E-state index contributed by atoms with van der Waals surface area (Å²) in [6, 6.07) is 13.2. The van der Waals surface area contributed by atoms with Crippen molar-refractivity contribution in [1.29, 1.82) is 0 Å². The molecule has 8 heteroatoms. The van der Waals surface area contributed by atoms with Gasteiger partial charge in [-0.1, -0.05) is 55.2 Å². The Balaban J connectivity index is 1.84. The van der Waals surface area contributed by atoms with Crippen LogP contribution in [0.15, 0.2) is 42.5 Å². The van der Waals surface area contributed by atoms with Crippen LogP contribution in [0.5, 0.6) is 0 Å². The van der Waals surface area contributed by atoms with E-state index >= 15 is 0 Å². The molecule has 2 aromatic carbocycles.